The number of likely N-dealkylation sites (tertiary alicyclic amines) is 2. The number of carboxylic acids is 1. The number of benzene rings is 2. The predicted molar refractivity (Wildman–Crippen MR) is 270 cm³/mol. The minimum Gasteiger partial charge on any atom is -0.490 e. The number of amides is 3. The maximum Gasteiger partial charge on any atom is 0.412 e. The molecule has 2 aromatic carbocycles. The van der Waals surface area contributed by atoms with Crippen LogP contribution in [0.4, 0.5) is 42.8 Å². The number of methoxy groups -OCH3 is 2. The molecule has 2 saturated heterocycles. The van der Waals surface area contributed by atoms with E-state index in [1.165, 1.54) is 20.3 Å². The van der Waals surface area contributed by atoms with Gasteiger partial charge in [-0.1, -0.05) is 0 Å². The highest BCUT2D eigenvalue weighted by atomic mass is 16.6. The van der Waals surface area contributed by atoms with Crippen LogP contribution < -0.4 is 43.5 Å². The normalized spacial score (nSPS) is 17.4. The highest BCUT2D eigenvalue weighted by Crippen LogP contribution is 2.42. The van der Waals surface area contributed by atoms with Crippen LogP contribution >= 0.6 is 0 Å². The van der Waals surface area contributed by atoms with Crippen LogP contribution in [0.1, 0.15) is 85.5 Å². The van der Waals surface area contributed by atoms with Gasteiger partial charge in [-0.2, -0.15) is 0 Å². The molecule has 4 aliphatic heterocycles. The molecule has 21 nitrogen and oxygen atoms in total. The van der Waals surface area contributed by atoms with Crippen molar-refractivity contribution in [3.05, 3.63) is 66.5 Å². The molecule has 0 saturated carbocycles. The molecule has 2 aromatic heterocycles. The summed E-state index contributed by atoms with van der Waals surface area (Å²) >= 11 is 0. The Morgan fingerprint density at radius 2 is 1.07 bits per heavy atom. The summed E-state index contributed by atoms with van der Waals surface area (Å²) in [5.74, 6) is 1.86. The van der Waals surface area contributed by atoms with Gasteiger partial charge in [0.1, 0.15) is 76.5 Å². The fraction of sp³-hybridized carbons (Fsp3) is 0.500. The summed E-state index contributed by atoms with van der Waals surface area (Å²) < 4.78 is 50.9. The fourth-order valence-corrected chi connectivity index (χ4v) is 8.26. The van der Waals surface area contributed by atoms with E-state index in [0.717, 1.165) is 17.1 Å². The SMILES string of the molecule is COc1ncc(N2CCOc3ccc(O[C@H]4CCN(C(=O)OC(C)(C)C)C4)cc32)cc1C(=O)O.COc1ncc(N2CCOc3ccc(O[C@H]4CCN(C(=O)OC(C)(C)C)C4)cc32)cc1NC(=O)OC(C)(C)C. The highest BCUT2D eigenvalue weighted by molar-refractivity contribution is 5.92. The van der Waals surface area contributed by atoms with Crippen LogP contribution in [-0.2, 0) is 14.2 Å². The van der Waals surface area contributed by atoms with Crippen molar-refractivity contribution < 1.29 is 66.9 Å². The smallest absolute Gasteiger partial charge is 0.412 e. The first-order chi connectivity index (χ1) is 34.4. The Morgan fingerprint density at radius 3 is 1.51 bits per heavy atom. The molecule has 73 heavy (non-hydrogen) atoms. The van der Waals surface area contributed by atoms with E-state index >= 15 is 0 Å². The van der Waals surface area contributed by atoms with Gasteiger partial charge in [0.05, 0.1) is 75.5 Å². The second kappa shape index (κ2) is 22.0. The van der Waals surface area contributed by atoms with Crippen LogP contribution in [0.25, 0.3) is 0 Å². The number of hydrogen-bond acceptors (Lipinski definition) is 17. The molecular weight excluding hydrogens is 947 g/mol. The molecule has 4 aliphatic rings. The molecule has 0 bridgehead atoms. The lowest BCUT2D eigenvalue weighted by molar-refractivity contribution is 0.0266. The number of fused-ring (bicyclic) bond motifs is 2. The molecule has 2 fully saturated rings. The Bertz CT molecular complexity index is 2650. The summed E-state index contributed by atoms with van der Waals surface area (Å²) in [6, 6.07) is 14.5. The highest BCUT2D eigenvalue weighted by Gasteiger charge is 2.34. The van der Waals surface area contributed by atoms with Gasteiger partial charge >= 0.3 is 24.2 Å². The topological polar surface area (TPSA) is 222 Å². The number of aromatic nitrogens is 2. The van der Waals surface area contributed by atoms with E-state index in [2.05, 4.69) is 15.3 Å². The number of carbonyl (C=O) groups is 4. The molecule has 0 unspecified atom stereocenters. The third-order valence-electron chi connectivity index (χ3n) is 11.3. The molecule has 6 heterocycles. The monoisotopic (exact) mass is 1010 g/mol. The van der Waals surface area contributed by atoms with E-state index in [1.54, 1.807) is 49.0 Å². The molecular formula is C52H67N7O14. The minimum absolute atomic E-state index is 0.0198. The summed E-state index contributed by atoms with van der Waals surface area (Å²) in [7, 11) is 2.87. The number of carboxylic acid groups (broad SMARTS) is 1. The second-order valence-corrected chi connectivity index (χ2v) is 20.6. The molecule has 3 amide bonds. The number of nitrogens with one attached hydrogen (secondary N) is 1. The van der Waals surface area contributed by atoms with Crippen molar-refractivity contribution in [2.75, 3.05) is 81.8 Å². The third kappa shape index (κ3) is 14.1. The second-order valence-electron chi connectivity index (χ2n) is 20.6. The molecule has 21 heteroatoms. The Kier molecular flexibility index (Phi) is 16.1. The minimum atomic E-state index is -1.12. The number of aromatic carboxylic acids is 1. The molecule has 2 N–H and O–H groups in total. The summed E-state index contributed by atoms with van der Waals surface area (Å²) in [5, 5.41) is 12.3. The van der Waals surface area contributed by atoms with Gasteiger partial charge in [0, 0.05) is 38.1 Å². The van der Waals surface area contributed by atoms with E-state index in [0.29, 0.717) is 99.7 Å². The van der Waals surface area contributed by atoms with Crippen LogP contribution in [0.15, 0.2) is 60.9 Å². The van der Waals surface area contributed by atoms with Crippen LogP contribution in [0.3, 0.4) is 0 Å². The lowest BCUT2D eigenvalue weighted by Gasteiger charge is -2.32. The molecule has 0 aliphatic carbocycles. The molecule has 0 radical (unpaired) electrons. The molecule has 8 rings (SSSR count). The lowest BCUT2D eigenvalue weighted by Crippen LogP contribution is -2.36. The van der Waals surface area contributed by atoms with Crippen molar-refractivity contribution in [2.45, 2.75) is 104 Å². The van der Waals surface area contributed by atoms with Crippen molar-refractivity contribution in [2.24, 2.45) is 0 Å². The molecule has 394 valence electrons. The maximum atomic E-state index is 12.4. The van der Waals surface area contributed by atoms with Gasteiger partial charge < -0.3 is 67.3 Å². The van der Waals surface area contributed by atoms with Crippen molar-refractivity contribution in [1.29, 1.82) is 0 Å². The quantitative estimate of drug-likeness (QED) is 0.141. The van der Waals surface area contributed by atoms with Gasteiger partial charge in [-0.05, 0) is 98.7 Å². The maximum absolute atomic E-state index is 12.4. The Hall–Kier alpha value is -7.58. The summed E-state index contributed by atoms with van der Waals surface area (Å²) in [6.07, 6.45) is 3.06. The zero-order valence-corrected chi connectivity index (χ0v) is 43.4. The standard InChI is InChI=1S/C28H38N4O7.C24H29N3O7/c1-27(2,3)38-25(33)30-21-14-18(16-29-24(21)35-7)32-12-13-36-23-9-8-19(15-22(23)32)37-20-10-11-31(17-20)26(34)39-28(4,5)6;1-24(2,3)34-23(30)26-8-7-17(14-26)33-16-5-6-20-19(12-16)27(9-10-32-20)15-11-18(22(28)29)21(31-4)25-13-15/h8-9,14-16,20H,10-13,17H2,1-7H3,(H,30,33);5-6,11-13,17H,7-10,14H2,1-4H3,(H,28,29)/t20-;17-/m00/s1. The van der Waals surface area contributed by atoms with E-state index in [9.17, 15) is 24.3 Å². The Morgan fingerprint density at radius 1 is 0.616 bits per heavy atom. The Labute approximate surface area is 425 Å². The first-order valence-corrected chi connectivity index (χ1v) is 24.1. The number of pyridine rings is 2. The average Bonchev–Trinajstić information content (AvgIpc) is 4.00. The van der Waals surface area contributed by atoms with Crippen LogP contribution in [0.5, 0.6) is 34.8 Å². The number of ether oxygens (including phenoxy) is 9. The number of carbonyl (C=O) groups excluding carboxylic acids is 3. The number of hydrogen-bond donors (Lipinski definition) is 2. The third-order valence-corrected chi connectivity index (χ3v) is 11.3. The zero-order valence-electron chi connectivity index (χ0n) is 43.4. The van der Waals surface area contributed by atoms with Gasteiger partial charge in [0.15, 0.2) is 0 Å². The number of anilines is 5. The van der Waals surface area contributed by atoms with Gasteiger partial charge in [-0.15, -0.1) is 0 Å². The number of rotatable bonds is 10. The summed E-state index contributed by atoms with van der Waals surface area (Å²) in [4.78, 5) is 64.7. The van der Waals surface area contributed by atoms with Crippen LogP contribution in [0.2, 0.25) is 0 Å². The first kappa shape index (κ1) is 53.2. The van der Waals surface area contributed by atoms with Crippen LogP contribution in [0, 0.1) is 0 Å². The summed E-state index contributed by atoms with van der Waals surface area (Å²) in [6.45, 7) is 20.5. The summed E-state index contributed by atoms with van der Waals surface area (Å²) in [5.41, 5.74) is 1.52. The van der Waals surface area contributed by atoms with Crippen molar-refractivity contribution in [3.8, 4) is 34.8 Å². The number of nitrogens with zero attached hydrogens (tertiary/aromatic N) is 6. The predicted octanol–water partition coefficient (Wildman–Crippen LogP) is 9.06. The van der Waals surface area contributed by atoms with E-state index in [-0.39, 0.29) is 41.7 Å². The zero-order chi connectivity index (χ0) is 52.8. The molecule has 4 aromatic rings. The van der Waals surface area contributed by atoms with Gasteiger partial charge in [0.2, 0.25) is 11.8 Å². The largest absolute Gasteiger partial charge is 0.490 e. The van der Waals surface area contributed by atoms with Gasteiger partial charge in [-0.25, -0.2) is 29.1 Å². The molecule has 2 atom stereocenters. The van der Waals surface area contributed by atoms with Crippen molar-refractivity contribution in [3.63, 3.8) is 0 Å². The average molecular weight is 1010 g/mol. The Balaban J connectivity index is 0.000000216. The van der Waals surface area contributed by atoms with Crippen molar-refractivity contribution >= 4 is 52.7 Å². The lowest BCUT2D eigenvalue weighted by atomic mass is 10.1. The first-order valence-electron chi connectivity index (χ1n) is 24.1. The van der Waals surface area contributed by atoms with Crippen LogP contribution in [-0.4, -0.2) is 145 Å². The van der Waals surface area contributed by atoms with E-state index in [4.69, 9.17) is 42.6 Å². The van der Waals surface area contributed by atoms with Gasteiger partial charge in [0.25, 0.3) is 0 Å². The molecule has 0 spiro atoms. The van der Waals surface area contributed by atoms with E-state index in [1.807, 2.05) is 87.7 Å². The van der Waals surface area contributed by atoms with Crippen molar-refractivity contribution in [1.82, 2.24) is 19.8 Å². The van der Waals surface area contributed by atoms with E-state index < -0.39 is 28.9 Å². The fourth-order valence-electron chi connectivity index (χ4n) is 8.26. The van der Waals surface area contributed by atoms with Gasteiger partial charge in [-0.3, -0.25) is 5.32 Å².